The van der Waals surface area contributed by atoms with Gasteiger partial charge in [-0.25, -0.2) is 0 Å². The molecule has 0 heterocycles. The lowest BCUT2D eigenvalue weighted by molar-refractivity contribution is -0.121. The minimum Gasteiger partial charge on any atom is -0.493 e. The molecule has 2 N–H and O–H groups in total. The number of para-hydroxylation sites is 1. The summed E-state index contributed by atoms with van der Waals surface area (Å²) in [6, 6.07) is 5.71. The highest BCUT2D eigenvalue weighted by Crippen LogP contribution is 2.31. The summed E-state index contributed by atoms with van der Waals surface area (Å²) >= 11 is 0. The van der Waals surface area contributed by atoms with E-state index in [9.17, 15) is 4.79 Å². The Morgan fingerprint density at radius 3 is 2.45 bits per heavy atom. The van der Waals surface area contributed by atoms with Gasteiger partial charge in [0.15, 0.2) is 11.5 Å². The van der Waals surface area contributed by atoms with Gasteiger partial charge in [-0.1, -0.05) is 12.1 Å². The van der Waals surface area contributed by atoms with Gasteiger partial charge in [0.2, 0.25) is 5.91 Å². The Labute approximate surface area is 133 Å². The largest absolute Gasteiger partial charge is 0.493 e. The summed E-state index contributed by atoms with van der Waals surface area (Å²) in [7, 11) is 3.22. The first kappa shape index (κ1) is 18.3. The van der Waals surface area contributed by atoms with E-state index in [1.54, 1.807) is 14.2 Å². The van der Waals surface area contributed by atoms with E-state index in [-0.39, 0.29) is 11.4 Å². The van der Waals surface area contributed by atoms with Crippen LogP contribution in [0.3, 0.4) is 0 Å². The molecule has 0 aliphatic carbocycles. The first-order valence-corrected chi connectivity index (χ1v) is 7.59. The average Bonchev–Trinajstić information content (AvgIpc) is 2.47. The Bertz CT molecular complexity index is 481. The van der Waals surface area contributed by atoms with Crippen molar-refractivity contribution in [1.82, 2.24) is 10.6 Å². The van der Waals surface area contributed by atoms with Crippen molar-refractivity contribution in [2.45, 2.75) is 39.2 Å². The Morgan fingerprint density at radius 2 is 1.86 bits per heavy atom. The van der Waals surface area contributed by atoms with Crippen molar-refractivity contribution in [3.63, 3.8) is 0 Å². The number of carbonyl (C=O) groups is 1. The second-order valence-corrected chi connectivity index (χ2v) is 6.18. The highest BCUT2D eigenvalue weighted by Gasteiger charge is 2.11. The molecule has 0 aliphatic heterocycles. The first-order valence-electron chi connectivity index (χ1n) is 7.59. The van der Waals surface area contributed by atoms with Crippen molar-refractivity contribution in [2.75, 3.05) is 27.3 Å². The van der Waals surface area contributed by atoms with Gasteiger partial charge >= 0.3 is 0 Å². The molecule has 0 radical (unpaired) electrons. The lowest BCUT2D eigenvalue weighted by atomic mass is 10.1. The van der Waals surface area contributed by atoms with Crippen LogP contribution in [0, 0.1) is 0 Å². The molecule has 1 rings (SSSR count). The van der Waals surface area contributed by atoms with Crippen LogP contribution in [-0.2, 0) is 11.2 Å². The molecule has 124 valence electrons. The number of methoxy groups -OCH3 is 2. The Kier molecular flexibility index (Phi) is 7.18. The van der Waals surface area contributed by atoms with Crippen LogP contribution >= 0.6 is 0 Å². The van der Waals surface area contributed by atoms with Gasteiger partial charge < -0.3 is 20.1 Å². The van der Waals surface area contributed by atoms with Crippen molar-refractivity contribution in [1.29, 1.82) is 0 Å². The molecule has 1 amide bonds. The number of rotatable bonds is 8. The fraction of sp³-hybridized carbons (Fsp3) is 0.588. The monoisotopic (exact) mass is 308 g/mol. The molecule has 0 aromatic heterocycles. The molecule has 22 heavy (non-hydrogen) atoms. The zero-order chi connectivity index (χ0) is 16.6. The van der Waals surface area contributed by atoms with Gasteiger partial charge in [0.25, 0.3) is 0 Å². The minimum absolute atomic E-state index is 0.0422. The first-order chi connectivity index (χ1) is 10.4. The summed E-state index contributed by atoms with van der Waals surface area (Å²) in [5.74, 6) is 1.43. The smallest absolute Gasteiger partial charge is 0.220 e. The van der Waals surface area contributed by atoms with E-state index in [4.69, 9.17) is 9.47 Å². The van der Waals surface area contributed by atoms with Crippen molar-refractivity contribution >= 4 is 5.91 Å². The lowest BCUT2D eigenvalue weighted by Gasteiger charge is -2.20. The molecular weight excluding hydrogens is 280 g/mol. The van der Waals surface area contributed by atoms with Crippen molar-refractivity contribution in [3.05, 3.63) is 23.8 Å². The molecule has 0 unspecified atom stereocenters. The van der Waals surface area contributed by atoms with E-state index < -0.39 is 0 Å². The number of hydrogen-bond acceptors (Lipinski definition) is 4. The van der Waals surface area contributed by atoms with Crippen molar-refractivity contribution in [3.8, 4) is 11.5 Å². The standard InChI is InChI=1S/C17H28N2O3/c1-17(2,3)19-12-11-18-15(20)10-9-13-7-6-8-14(21-4)16(13)22-5/h6-8,19H,9-12H2,1-5H3,(H,18,20). The second kappa shape index (κ2) is 8.63. The molecule has 1 aromatic carbocycles. The van der Waals surface area contributed by atoms with Gasteiger partial charge in [-0.05, 0) is 38.8 Å². The highest BCUT2D eigenvalue weighted by atomic mass is 16.5. The Balaban J connectivity index is 2.41. The van der Waals surface area contributed by atoms with Gasteiger partial charge in [-0.2, -0.15) is 0 Å². The molecule has 0 spiro atoms. The summed E-state index contributed by atoms with van der Waals surface area (Å²) in [5, 5.41) is 6.25. The maximum Gasteiger partial charge on any atom is 0.220 e. The van der Waals surface area contributed by atoms with Crippen LogP contribution in [0.1, 0.15) is 32.8 Å². The van der Waals surface area contributed by atoms with E-state index in [0.717, 1.165) is 12.1 Å². The number of benzene rings is 1. The predicted molar refractivity (Wildman–Crippen MR) is 88.6 cm³/mol. The molecule has 0 fully saturated rings. The summed E-state index contributed by atoms with van der Waals surface area (Å²) in [4.78, 5) is 11.9. The third-order valence-electron chi connectivity index (χ3n) is 3.21. The van der Waals surface area contributed by atoms with Crippen LogP contribution < -0.4 is 20.1 Å². The zero-order valence-corrected chi connectivity index (χ0v) is 14.3. The zero-order valence-electron chi connectivity index (χ0n) is 14.3. The molecule has 0 bridgehead atoms. The van der Waals surface area contributed by atoms with Crippen LogP contribution in [0.4, 0.5) is 0 Å². The van der Waals surface area contributed by atoms with Gasteiger partial charge in [-0.15, -0.1) is 0 Å². The number of aryl methyl sites for hydroxylation is 1. The van der Waals surface area contributed by atoms with Gasteiger partial charge in [-0.3, -0.25) is 4.79 Å². The van der Waals surface area contributed by atoms with E-state index in [2.05, 4.69) is 31.4 Å². The predicted octanol–water partition coefficient (Wildman–Crippen LogP) is 2.14. The summed E-state index contributed by atoms with van der Waals surface area (Å²) in [6.45, 7) is 7.70. The highest BCUT2D eigenvalue weighted by molar-refractivity contribution is 5.76. The van der Waals surface area contributed by atoms with E-state index in [1.165, 1.54) is 0 Å². The number of carbonyl (C=O) groups excluding carboxylic acids is 1. The van der Waals surface area contributed by atoms with Crippen LogP contribution in [0.2, 0.25) is 0 Å². The maximum absolute atomic E-state index is 11.9. The molecular formula is C17H28N2O3. The molecule has 5 nitrogen and oxygen atoms in total. The number of hydrogen-bond donors (Lipinski definition) is 2. The summed E-state index contributed by atoms with van der Waals surface area (Å²) in [6.07, 6.45) is 1.05. The Morgan fingerprint density at radius 1 is 1.14 bits per heavy atom. The molecule has 0 atom stereocenters. The van der Waals surface area contributed by atoms with Gasteiger partial charge in [0.05, 0.1) is 14.2 Å². The van der Waals surface area contributed by atoms with Crippen molar-refractivity contribution in [2.24, 2.45) is 0 Å². The molecule has 0 saturated heterocycles. The number of ether oxygens (including phenoxy) is 2. The fourth-order valence-electron chi connectivity index (χ4n) is 2.13. The van der Waals surface area contributed by atoms with Crippen LogP contribution in [0.15, 0.2) is 18.2 Å². The van der Waals surface area contributed by atoms with Crippen LogP contribution in [-0.4, -0.2) is 38.8 Å². The van der Waals surface area contributed by atoms with Crippen LogP contribution in [0.25, 0.3) is 0 Å². The van der Waals surface area contributed by atoms with Gasteiger partial charge in [0, 0.05) is 25.0 Å². The minimum atomic E-state index is 0.0422. The average molecular weight is 308 g/mol. The lowest BCUT2D eigenvalue weighted by Crippen LogP contribution is -2.41. The molecule has 0 saturated carbocycles. The van der Waals surface area contributed by atoms with Crippen LogP contribution in [0.5, 0.6) is 11.5 Å². The summed E-state index contributed by atoms with van der Waals surface area (Å²) < 4.78 is 10.6. The van der Waals surface area contributed by atoms with Crippen molar-refractivity contribution < 1.29 is 14.3 Å². The summed E-state index contributed by atoms with van der Waals surface area (Å²) in [5.41, 5.74) is 1.04. The van der Waals surface area contributed by atoms with Gasteiger partial charge in [0.1, 0.15) is 0 Å². The third-order valence-corrected chi connectivity index (χ3v) is 3.21. The fourth-order valence-corrected chi connectivity index (χ4v) is 2.13. The van der Waals surface area contributed by atoms with E-state index in [0.29, 0.717) is 30.9 Å². The van der Waals surface area contributed by atoms with E-state index in [1.807, 2.05) is 18.2 Å². The number of amides is 1. The molecule has 5 heteroatoms. The number of nitrogens with one attached hydrogen (secondary N) is 2. The normalized spacial score (nSPS) is 11.1. The Hall–Kier alpha value is -1.75. The maximum atomic E-state index is 11.9. The molecule has 0 aliphatic rings. The molecule has 1 aromatic rings. The third kappa shape index (κ3) is 6.35. The van der Waals surface area contributed by atoms with E-state index >= 15 is 0 Å². The topological polar surface area (TPSA) is 59.6 Å². The second-order valence-electron chi connectivity index (χ2n) is 6.18. The SMILES string of the molecule is COc1cccc(CCC(=O)NCCNC(C)(C)C)c1OC. The quantitative estimate of drug-likeness (QED) is 0.722.